The molecule has 3 aromatic rings. The average molecular weight is 507 g/mol. The van der Waals surface area contributed by atoms with Crippen LogP contribution in [0, 0.1) is 5.92 Å². The van der Waals surface area contributed by atoms with Gasteiger partial charge >= 0.3 is 5.97 Å². The topological polar surface area (TPSA) is 110 Å². The zero-order valence-electron chi connectivity index (χ0n) is 17.3. The molecule has 0 bridgehead atoms. The summed E-state index contributed by atoms with van der Waals surface area (Å²) in [6.07, 6.45) is 0. The third-order valence-electron chi connectivity index (χ3n) is 4.61. The van der Waals surface area contributed by atoms with Crippen LogP contribution in [0.3, 0.4) is 0 Å². The minimum absolute atomic E-state index is 0.0551. The van der Waals surface area contributed by atoms with Crippen LogP contribution in [0.25, 0.3) is 10.9 Å². The van der Waals surface area contributed by atoms with Gasteiger partial charge in [-0.25, -0.2) is 27.9 Å². The van der Waals surface area contributed by atoms with Gasteiger partial charge in [0.15, 0.2) is 0 Å². The van der Waals surface area contributed by atoms with E-state index >= 15 is 0 Å². The summed E-state index contributed by atoms with van der Waals surface area (Å²) >= 11 is 3.29. The summed E-state index contributed by atoms with van der Waals surface area (Å²) in [7, 11) is -2.41. The van der Waals surface area contributed by atoms with E-state index in [0.29, 0.717) is 11.3 Å². The second kappa shape index (κ2) is 9.71. The lowest BCUT2D eigenvalue weighted by molar-refractivity contribution is -0.142. The molecule has 3 rings (SSSR count). The minimum atomic E-state index is -3.74. The van der Waals surface area contributed by atoms with E-state index in [1.165, 1.54) is 19.2 Å². The van der Waals surface area contributed by atoms with Crippen molar-refractivity contribution in [1.29, 1.82) is 0 Å². The quantitative estimate of drug-likeness (QED) is 0.449. The summed E-state index contributed by atoms with van der Waals surface area (Å²) in [6.45, 7) is 3.68. The molecule has 0 unspecified atom stereocenters. The molecule has 0 radical (unpaired) electrons. The maximum atomic E-state index is 12.6. The second-order valence-electron chi connectivity index (χ2n) is 7.17. The zero-order valence-corrected chi connectivity index (χ0v) is 19.7. The Bertz CT molecular complexity index is 1180. The number of hydrogen-bond donors (Lipinski definition) is 2. The lowest BCUT2D eigenvalue weighted by Gasteiger charge is -2.21. The predicted octanol–water partition coefficient (Wildman–Crippen LogP) is 3.48. The van der Waals surface area contributed by atoms with Crippen LogP contribution in [-0.4, -0.2) is 37.5 Å². The number of halogens is 1. The first-order chi connectivity index (χ1) is 14.7. The molecular weight excluding hydrogens is 484 g/mol. The molecule has 1 atom stereocenters. The number of sulfonamides is 1. The summed E-state index contributed by atoms with van der Waals surface area (Å²) in [6, 6.07) is 13.0. The van der Waals surface area contributed by atoms with Crippen LogP contribution in [0.4, 0.5) is 5.82 Å². The number of esters is 1. The van der Waals surface area contributed by atoms with Gasteiger partial charge in [0.05, 0.1) is 24.1 Å². The SMILES string of the molecule is COC(=O)[C@@H](Nc1nc(CNS(=O)(=O)c2ccc(Br)cc2)nc2ccccc12)C(C)C. The molecular formula is C21H23BrN4O4S. The second-order valence-corrected chi connectivity index (χ2v) is 9.86. The summed E-state index contributed by atoms with van der Waals surface area (Å²) in [4.78, 5) is 21.3. The molecule has 10 heteroatoms. The molecule has 1 aromatic heterocycles. The molecule has 0 fully saturated rings. The number of ether oxygens (including phenoxy) is 1. The first-order valence-electron chi connectivity index (χ1n) is 9.56. The molecule has 1 heterocycles. The van der Waals surface area contributed by atoms with Gasteiger partial charge in [0, 0.05) is 9.86 Å². The highest BCUT2D eigenvalue weighted by atomic mass is 79.9. The van der Waals surface area contributed by atoms with Gasteiger partial charge in [0.2, 0.25) is 10.0 Å². The van der Waals surface area contributed by atoms with Crippen LogP contribution < -0.4 is 10.0 Å². The Balaban J connectivity index is 1.91. The highest BCUT2D eigenvalue weighted by Gasteiger charge is 2.24. The van der Waals surface area contributed by atoms with Crippen molar-refractivity contribution in [3.05, 3.63) is 58.8 Å². The van der Waals surface area contributed by atoms with Crippen molar-refractivity contribution in [3.8, 4) is 0 Å². The fourth-order valence-electron chi connectivity index (χ4n) is 2.94. The number of aromatic nitrogens is 2. The monoisotopic (exact) mass is 506 g/mol. The maximum absolute atomic E-state index is 12.6. The van der Waals surface area contributed by atoms with Crippen LogP contribution >= 0.6 is 15.9 Å². The van der Waals surface area contributed by atoms with Gasteiger partial charge in [-0.2, -0.15) is 0 Å². The fraction of sp³-hybridized carbons (Fsp3) is 0.286. The molecule has 8 nitrogen and oxygen atoms in total. The molecule has 0 spiro atoms. The van der Waals surface area contributed by atoms with E-state index in [4.69, 9.17) is 4.74 Å². The Morgan fingerprint density at radius 2 is 1.77 bits per heavy atom. The first kappa shape index (κ1) is 23.1. The van der Waals surface area contributed by atoms with Crippen LogP contribution in [-0.2, 0) is 26.1 Å². The Morgan fingerprint density at radius 3 is 2.42 bits per heavy atom. The van der Waals surface area contributed by atoms with Crippen molar-refractivity contribution in [3.63, 3.8) is 0 Å². The molecule has 0 amide bonds. The van der Waals surface area contributed by atoms with Crippen molar-refractivity contribution in [2.75, 3.05) is 12.4 Å². The number of methoxy groups -OCH3 is 1. The number of para-hydroxylation sites is 1. The molecule has 164 valence electrons. The number of carbonyl (C=O) groups is 1. The number of anilines is 1. The number of nitrogens with zero attached hydrogens (tertiary/aromatic N) is 2. The zero-order chi connectivity index (χ0) is 22.6. The van der Waals surface area contributed by atoms with E-state index in [1.807, 2.05) is 32.0 Å². The van der Waals surface area contributed by atoms with E-state index in [1.54, 1.807) is 18.2 Å². The number of benzene rings is 2. The van der Waals surface area contributed by atoms with Crippen molar-refractivity contribution < 1.29 is 17.9 Å². The predicted molar refractivity (Wildman–Crippen MR) is 122 cm³/mol. The van der Waals surface area contributed by atoms with Crippen LogP contribution in [0.1, 0.15) is 19.7 Å². The van der Waals surface area contributed by atoms with Gasteiger partial charge in [0.1, 0.15) is 17.7 Å². The van der Waals surface area contributed by atoms with E-state index in [2.05, 4.69) is 35.9 Å². The lowest BCUT2D eigenvalue weighted by atomic mass is 10.0. The third-order valence-corrected chi connectivity index (χ3v) is 6.55. The third kappa shape index (κ3) is 5.57. The van der Waals surface area contributed by atoms with E-state index < -0.39 is 22.0 Å². The standard InChI is InChI=1S/C21H23BrN4O4S/c1-13(2)19(21(27)30-3)26-20-16-6-4-5-7-17(16)24-18(25-20)12-23-31(28,29)15-10-8-14(22)9-11-15/h4-11,13,19,23H,12H2,1-3H3,(H,24,25,26)/t19-/m0/s1. The van der Waals surface area contributed by atoms with Crippen molar-refractivity contribution in [2.24, 2.45) is 5.92 Å². The smallest absolute Gasteiger partial charge is 0.328 e. The van der Waals surface area contributed by atoms with Gasteiger partial charge in [-0.15, -0.1) is 0 Å². The van der Waals surface area contributed by atoms with Crippen molar-refractivity contribution in [1.82, 2.24) is 14.7 Å². The first-order valence-corrected chi connectivity index (χ1v) is 11.8. The Labute approximate surface area is 189 Å². The Hall–Kier alpha value is -2.56. The van der Waals surface area contributed by atoms with E-state index in [0.717, 1.165) is 9.86 Å². The molecule has 0 saturated carbocycles. The van der Waals surface area contributed by atoms with Gasteiger partial charge in [-0.1, -0.05) is 41.9 Å². The van der Waals surface area contributed by atoms with Crippen LogP contribution in [0.15, 0.2) is 57.9 Å². The van der Waals surface area contributed by atoms with E-state index in [9.17, 15) is 13.2 Å². The lowest BCUT2D eigenvalue weighted by Crippen LogP contribution is -2.36. The molecule has 31 heavy (non-hydrogen) atoms. The molecule has 2 N–H and O–H groups in total. The van der Waals surface area contributed by atoms with Crippen LogP contribution in [0.5, 0.6) is 0 Å². The highest BCUT2D eigenvalue weighted by Crippen LogP contribution is 2.23. The van der Waals surface area contributed by atoms with Crippen molar-refractivity contribution >= 4 is 48.6 Å². The summed E-state index contributed by atoms with van der Waals surface area (Å²) < 4.78 is 33.4. The minimum Gasteiger partial charge on any atom is -0.467 e. The number of hydrogen-bond acceptors (Lipinski definition) is 7. The normalized spacial score (nSPS) is 12.7. The van der Waals surface area contributed by atoms with Crippen LogP contribution in [0.2, 0.25) is 0 Å². The van der Waals surface area contributed by atoms with E-state index in [-0.39, 0.29) is 23.2 Å². The molecule has 0 aliphatic carbocycles. The summed E-state index contributed by atoms with van der Waals surface area (Å²) in [5.41, 5.74) is 0.630. The molecule has 0 aliphatic rings. The van der Waals surface area contributed by atoms with Gasteiger partial charge < -0.3 is 10.1 Å². The fourth-order valence-corrected chi connectivity index (χ4v) is 4.19. The number of rotatable bonds is 8. The number of carbonyl (C=O) groups excluding carboxylic acids is 1. The molecule has 0 aliphatic heterocycles. The van der Waals surface area contributed by atoms with Gasteiger partial charge in [0.25, 0.3) is 0 Å². The van der Waals surface area contributed by atoms with Gasteiger partial charge in [-0.05, 0) is 42.3 Å². The number of nitrogens with one attached hydrogen (secondary N) is 2. The average Bonchev–Trinajstić information content (AvgIpc) is 2.75. The number of fused-ring (bicyclic) bond motifs is 1. The molecule has 2 aromatic carbocycles. The van der Waals surface area contributed by atoms with Gasteiger partial charge in [-0.3, -0.25) is 0 Å². The Morgan fingerprint density at radius 1 is 1.10 bits per heavy atom. The summed E-state index contributed by atoms with van der Waals surface area (Å²) in [5.74, 6) is 0.248. The maximum Gasteiger partial charge on any atom is 0.328 e. The Kier molecular flexibility index (Phi) is 7.24. The summed E-state index contributed by atoms with van der Waals surface area (Å²) in [5, 5.41) is 3.86. The van der Waals surface area contributed by atoms with Crippen molar-refractivity contribution in [2.45, 2.75) is 31.3 Å². The highest BCUT2D eigenvalue weighted by molar-refractivity contribution is 9.10. The molecule has 0 saturated heterocycles. The largest absolute Gasteiger partial charge is 0.467 e.